The Hall–Kier alpha value is -1.35. The highest BCUT2D eigenvalue weighted by Gasteiger charge is 2.16. The van der Waals surface area contributed by atoms with E-state index in [1.54, 1.807) is 0 Å². The van der Waals surface area contributed by atoms with Crippen LogP contribution in [0.2, 0.25) is 0 Å². The van der Waals surface area contributed by atoms with Gasteiger partial charge in [-0.1, -0.05) is 54.6 Å². The molecule has 2 nitrogen and oxygen atoms in total. The molecule has 1 unspecified atom stereocenters. The minimum absolute atomic E-state index is 0. The fourth-order valence-corrected chi connectivity index (χ4v) is 2.23. The molecule has 0 aromatic heterocycles. The summed E-state index contributed by atoms with van der Waals surface area (Å²) in [6.45, 7) is 3.79. The van der Waals surface area contributed by atoms with E-state index >= 15 is 0 Å². The van der Waals surface area contributed by atoms with Crippen LogP contribution in [0.3, 0.4) is 0 Å². The molecular formula is C18H23ClNO-. The average Bonchev–Trinajstić information content (AvgIpc) is 2.45. The van der Waals surface area contributed by atoms with E-state index < -0.39 is 0 Å². The smallest absolute Gasteiger partial charge is 0.108 e. The van der Waals surface area contributed by atoms with Crippen LogP contribution in [-0.2, 0) is 4.74 Å². The number of benzene rings is 2. The van der Waals surface area contributed by atoms with Crippen molar-refractivity contribution in [1.82, 2.24) is 4.90 Å². The molecule has 0 spiro atoms. The maximum absolute atomic E-state index is 6.16. The lowest BCUT2D eigenvalue weighted by molar-refractivity contribution is -0.00000568. The Labute approximate surface area is 134 Å². The maximum Gasteiger partial charge on any atom is 0.108 e. The number of ether oxygens (including phenoxy) is 1. The summed E-state index contributed by atoms with van der Waals surface area (Å²) < 4.78 is 6.16. The number of likely N-dealkylation sites (N-methyl/N-ethyl adjacent to an activating group) is 1. The Kier molecular flexibility index (Phi) is 7.44. The number of rotatable bonds is 6. The number of aryl methyl sites for hydroxylation is 1. The molecule has 0 aliphatic carbocycles. The zero-order valence-electron chi connectivity index (χ0n) is 12.9. The molecule has 0 heterocycles. The SMILES string of the molecule is Cc1ccccc1C(OCCN(C)C)c1ccccc1.[Cl-]. The Morgan fingerprint density at radius 3 is 2.19 bits per heavy atom. The van der Waals surface area contributed by atoms with Crippen molar-refractivity contribution in [2.24, 2.45) is 0 Å². The Morgan fingerprint density at radius 1 is 0.952 bits per heavy atom. The van der Waals surface area contributed by atoms with Gasteiger partial charge in [0.05, 0.1) is 6.61 Å². The molecular weight excluding hydrogens is 282 g/mol. The summed E-state index contributed by atoms with van der Waals surface area (Å²) in [4.78, 5) is 2.14. The van der Waals surface area contributed by atoms with Gasteiger partial charge in [0, 0.05) is 6.54 Å². The lowest BCUT2D eigenvalue weighted by Gasteiger charge is -2.22. The molecule has 1 atom stereocenters. The van der Waals surface area contributed by atoms with E-state index in [1.807, 2.05) is 6.07 Å². The number of hydrogen-bond acceptors (Lipinski definition) is 2. The van der Waals surface area contributed by atoms with Gasteiger partial charge in [-0.3, -0.25) is 0 Å². The summed E-state index contributed by atoms with van der Waals surface area (Å²) in [5, 5.41) is 0. The van der Waals surface area contributed by atoms with E-state index in [1.165, 1.54) is 16.7 Å². The molecule has 0 amide bonds. The minimum Gasteiger partial charge on any atom is -1.00 e. The van der Waals surface area contributed by atoms with Crippen LogP contribution in [0.5, 0.6) is 0 Å². The summed E-state index contributed by atoms with van der Waals surface area (Å²) in [6.07, 6.45) is 0.0114. The molecule has 0 saturated heterocycles. The van der Waals surface area contributed by atoms with Crippen LogP contribution in [0.4, 0.5) is 0 Å². The van der Waals surface area contributed by atoms with E-state index in [0.717, 1.165) is 13.2 Å². The first-order valence-corrected chi connectivity index (χ1v) is 7.05. The second-order valence-corrected chi connectivity index (χ2v) is 5.32. The zero-order valence-corrected chi connectivity index (χ0v) is 13.7. The molecule has 21 heavy (non-hydrogen) atoms. The molecule has 0 N–H and O–H groups in total. The van der Waals surface area contributed by atoms with Crippen molar-refractivity contribution >= 4 is 0 Å². The quantitative estimate of drug-likeness (QED) is 0.778. The van der Waals surface area contributed by atoms with Crippen molar-refractivity contribution in [2.45, 2.75) is 13.0 Å². The molecule has 2 aromatic rings. The van der Waals surface area contributed by atoms with Crippen LogP contribution in [0.15, 0.2) is 54.6 Å². The first kappa shape index (κ1) is 17.7. The maximum atomic E-state index is 6.16. The fraction of sp³-hybridized carbons (Fsp3) is 0.333. The summed E-state index contributed by atoms with van der Waals surface area (Å²) in [5.41, 5.74) is 3.73. The monoisotopic (exact) mass is 304 g/mol. The van der Waals surface area contributed by atoms with E-state index in [0.29, 0.717) is 0 Å². The van der Waals surface area contributed by atoms with Crippen LogP contribution >= 0.6 is 0 Å². The zero-order chi connectivity index (χ0) is 14.4. The number of nitrogens with zero attached hydrogens (tertiary/aromatic N) is 1. The van der Waals surface area contributed by atoms with E-state index in [-0.39, 0.29) is 18.5 Å². The molecule has 2 aromatic carbocycles. The van der Waals surface area contributed by atoms with Crippen LogP contribution in [-0.4, -0.2) is 32.1 Å². The highest BCUT2D eigenvalue weighted by Crippen LogP contribution is 2.28. The normalized spacial score (nSPS) is 12.0. The van der Waals surface area contributed by atoms with E-state index in [4.69, 9.17) is 4.74 Å². The van der Waals surface area contributed by atoms with Crippen molar-refractivity contribution < 1.29 is 17.1 Å². The summed E-state index contributed by atoms with van der Waals surface area (Å²) in [6, 6.07) is 18.9. The second-order valence-electron chi connectivity index (χ2n) is 5.32. The molecule has 2 rings (SSSR count). The lowest BCUT2D eigenvalue weighted by atomic mass is 9.97. The van der Waals surface area contributed by atoms with E-state index in [9.17, 15) is 0 Å². The Balaban J connectivity index is 0.00000220. The van der Waals surface area contributed by atoms with Gasteiger partial charge in [0.2, 0.25) is 0 Å². The first-order valence-electron chi connectivity index (χ1n) is 7.05. The summed E-state index contributed by atoms with van der Waals surface area (Å²) >= 11 is 0. The van der Waals surface area contributed by atoms with Crippen molar-refractivity contribution in [3.05, 3.63) is 71.3 Å². The predicted octanol–water partition coefficient (Wildman–Crippen LogP) is 0.667. The largest absolute Gasteiger partial charge is 1.00 e. The van der Waals surface area contributed by atoms with Gasteiger partial charge in [-0.2, -0.15) is 0 Å². The van der Waals surface area contributed by atoms with Gasteiger partial charge in [-0.15, -0.1) is 0 Å². The topological polar surface area (TPSA) is 12.5 Å². The van der Waals surface area contributed by atoms with Gasteiger partial charge in [0.25, 0.3) is 0 Å². The molecule has 0 aliphatic rings. The second kappa shape index (κ2) is 8.83. The molecule has 114 valence electrons. The standard InChI is InChI=1S/C18H23NO.ClH/c1-15-9-7-8-12-17(15)18(20-14-13-19(2)3)16-10-5-4-6-11-16;/h4-12,18H,13-14H2,1-3H3;1H/p-1. The molecule has 0 saturated carbocycles. The third kappa shape index (κ3) is 5.16. The van der Waals surface area contributed by atoms with Gasteiger partial charge in [0.15, 0.2) is 0 Å². The number of hydrogen-bond donors (Lipinski definition) is 0. The van der Waals surface area contributed by atoms with Gasteiger partial charge in [0.1, 0.15) is 6.10 Å². The van der Waals surface area contributed by atoms with Gasteiger partial charge in [-0.05, 0) is 37.7 Å². The molecule has 0 bridgehead atoms. The third-order valence-electron chi connectivity index (χ3n) is 3.40. The van der Waals surface area contributed by atoms with Crippen molar-refractivity contribution in [3.63, 3.8) is 0 Å². The predicted molar refractivity (Wildman–Crippen MR) is 84.0 cm³/mol. The van der Waals surface area contributed by atoms with Gasteiger partial charge >= 0.3 is 0 Å². The van der Waals surface area contributed by atoms with Crippen LogP contribution in [0.1, 0.15) is 22.8 Å². The summed E-state index contributed by atoms with van der Waals surface area (Å²) in [7, 11) is 4.13. The first-order chi connectivity index (χ1) is 9.68. The third-order valence-corrected chi connectivity index (χ3v) is 3.40. The highest BCUT2D eigenvalue weighted by molar-refractivity contribution is 5.35. The minimum atomic E-state index is 0. The van der Waals surface area contributed by atoms with Crippen molar-refractivity contribution in [3.8, 4) is 0 Å². The Morgan fingerprint density at radius 2 is 1.57 bits per heavy atom. The van der Waals surface area contributed by atoms with Gasteiger partial charge < -0.3 is 22.0 Å². The highest BCUT2D eigenvalue weighted by atomic mass is 35.5. The van der Waals surface area contributed by atoms with Crippen LogP contribution in [0.25, 0.3) is 0 Å². The molecule has 3 heteroatoms. The Bertz CT molecular complexity index is 528. The molecule has 0 fully saturated rings. The molecule has 0 radical (unpaired) electrons. The van der Waals surface area contributed by atoms with Crippen LogP contribution in [0, 0.1) is 6.92 Å². The van der Waals surface area contributed by atoms with Crippen molar-refractivity contribution in [2.75, 3.05) is 27.2 Å². The fourth-order valence-electron chi connectivity index (χ4n) is 2.23. The molecule has 0 aliphatic heterocycles. The van der Waals surface area contributed by atoms with E-state index in [2.05, 4.69) is 74.4 Å². The number of halogens is 1. The van der Waals surface area contributed by atoms with Crippen molar-refractivity contribution in [1.29, 1.82) is 0 Å². The van der Waals surface area contributed by atoms with Crippen LogP contribution < -0.4 is 12.4 Å². The summed E-state index contributed by atoms with van der Waals surface area (Å²) in [5.74, 6) is 0. The lowest BCUT2D eigenvalue weighted by Crippen LogP contribution is -3.00. The van der Waals surface area contributed by atoms with Gasteiger partial charge in [-0.25, -0.2) is 0 Å². The average molecular weight is 305 g/mol.